The van der Waals surface area contributed by atoms with Gasteiger partial charge < -0.3 is 31.7 Å². The van der Waals surface area contributed by atoms with E-state index < -0.39 is 6.04 Å². The first-order valence-corrected chi connectivity index (χ1v) is 12.5. The molecule has 6 N–H and O–H groups in total. The molecule has 2 amide bonds. The Labute approximate surface area is 199 Å². The van der Waals surface area contributed by atoms with E-state index in [1.54, 1.807) is 24.3 Å². The van der Waals surface area contributed by atoms with Gasteiger partial charge in [0.25, 0.3) is 0 Å². The molecular weight excluding hydrogens is 418 g/mol. The van der Waals surface area contributed by atoms with Gasteiger partial charge in [-0.3, -0.25) is 9.59 Å². The smallest absolute Gasteiger partial charge is 0.242 e. The molecule has 0 aromatic heterocycles. The SMILES string of the molecule is CCCCN(CCCNCCCN)CCNC(=O)[C@H](Cc1ccc(O)cc1)NC(=O)CCC. The van der Waals surface area contributed by atoms with Gasteiger partial charge in [-0.25, -0.2) is 0 Å². The molecule has 0 aliphatic carbocycles. The minimum atomic E-state index is -0.635. The second-order valence-electron chi connectivity index (χ2n) is 8.47. The van der Waals surface area contributed by atoms with Crippen molar-refractivity contribution in [2.45, 2.75) is 64.8 Å². The number of amides is 2. The summed E-state index contributed by atoms with van der Waals surface area (Å²) < 4.78 is 0. The number of unbranched alkanes of at least 4 members (excludes halogenated alkanes) is 1. The Morgan fingerprint density at radius 2 is 1.67 bits per heavy atom. The Morgan fingerprint density at radius 3 is 2.33 bits per heavy atom. The van der Waals surface area contributed by atoms with Gasteiger partial charge in [-0.15, -0.1) is 0 Å². The normalized spacial score (nSPS) is 12.0. The van der Waals surface area contributed by atoms with E-state index in [0.29, 0.717) is 25.9 Å². The molecule has 8 heteroatoms. The van der Waals surface area contributed by atoms with Crippen molar-refractivity contribution in [1.82, 2.24) is 20.9 Å². The summed E-state index contributed by atoms with van der Waals surface area (Å²) in [5.41, 5.74) is 6.41. The number of rotatable bonds is 19. The van der Waals surface area contributed by atoms with E-state index in [4.69, 9.17) is 5.73 Å². The third kappa shape index (κ3) is 13.9. The number of hydrogen-bond acceptors (Lipinski definition) is 6. The molecule has 0 aliphatic rings. The van der Waals surface area contributed by atoms with Gasteiger partial charge in [0.15, 0.2) is 0 Å². The van der Waals surface area contributed by atoms with Crippen LogP contribution in [0, 0.1) is 0 Å². The third-order valence-corrected chi connectivity index (χ3v) is 5.45. The number of nitrogens with one attached hydrogen (secondary N) is 3. The number of aromatic hydroxyl groups is 1. The van der Waals surface area contributed by atoms with Gasteiger partial charge in [0.05, 0.1) is 0 Å². The lowest BCUT2D eigenvalue weighted by molar-refractivity contribution is -0.129. The monoisotopic (exact) mass is 463 g/mol. The number of carbonyl (C=O) groups excluding carboxylic acids is 2. The van der Waals surface area contributed by atoms with Gasteiger partial charge in [-0.2, -0.15) is 0 Å². The van der Waals surface area contributed by atoms with Crippen LogP contribution in [0.1, 0.15) is 57.9 Å². The molecule has 0 aliphatic heterocycles. The van der Waals surface area contributed by atoms with Crippen LogP contribution in [0.4, 0.5) is 0 Å². The lowest BCUT2D eigenvalue weighted by Gasteiger charge is -2.24. The predicted octanol–water partition coefficient (Wildman–Crippen LogP) is 1.77. The fourth-order valence-corrected chi connectivity index (χ4v) is 3.53. The first-order chi connectivity index (χ1) is 16.0. The van der Waals surface area contributed by atoms with Crippen LogP contribution < -0.4 is 21.7 Å². The number of hydrogen-bond donors (Lipinski definition) is 5. The second kappa shape index (κ2) is 18.3. The molecular formula is C25H45N5O3. The summed E-state index contributed by atoms with van der Waals surface area (Å²) in [6, 6.07) is 6.10. The first-order valence-electron chi connectivity index (χ1n) is 12.5. The number of nitrogens with two attached hydrogens (primary N) is 1. The van der Waals surface area contributed by atoms with Crippen molar-refractivity contribution in [1.29, 1.82) is 0 Å². The number of carbonyl (C=O) groups is 2. The topological polar surface area (TPSA) is 120 Å². The van der Waals surface area contributed by atoms with Gasteiger partial charge in [-0.05, 0) is 76.1 Å². The number of phenolic OH excluding ortho intramolecular Hbond substituents is 1. The van der Waals surface area contributed by atoms with Crippen molar-refractivity contribution in [3.63, 3.8) is 0 Å². The van der Waals surface area contributed by atoms with Gasteiger partial charge in [0.2, 0.25) is 11.8 Å². The molecule has 0 saturated carbocycles. The van der Waals surface area contributed by atoms with Crippen LogP contribution in [0.15, 0.2) is 24.3 Å². The fourth-order valence-electron chi connectivity index (χ4n) is 3.53. The average Bonchev–Trinajstić information content (AvgIpc) is 2.80. The molecule has 8 nitrogen and oxygen atoms in total. The Bertz CT molecular complexity index is 654. The van der Waals surface area contributed by atoms with Crippen molar-refractivity contribution < 1.29 is 14.7 Å². The summed E-state index contributed by atoms with van der Waals surface area (Å²) in [5, 5.41) is 18.8. The first kappa shape index (κ1) is 28.9. The quantitative estimate of drug-likeness (QED) is 0.200. The summed E-state index contributed by atoms with van der Waals surface area (Å²) in [4.78, 5) is 27.4. The molecule has 0 unspecified atom stereocenters. The maximum Gasteiger partial charge on any atom is 0.242 e. The summed E-state index contributed by atoms with van der Waals surface area (Å²) in [5.74, 6) is -0.119. The third-order valence-electron chi connectivity index (χ3n) is 5.45. The molecule has 1 aromatic rings. The number of nitrogens with zero attached hydrogens (tertiary/aromatic N) is 1. The Balaban J connectivity index is 2.56. The Morgan fingerprint density at radius 1 is 0.970 bits per heavy atom. The Kier molecular flexibility index (Phi) is 16.0. The molecule has 0 fully saturated rings. The molecule has 0 spiro atoms. The molecule has 1 rings (SSSR count). The lowest BCUT2D eigenvalue weighted by Crippen LogP contribution is -2.49. The average molecular weight is 464 g/mol. The summed E-state index contributed by atoms with van der Waals surface area (Å²) >= 11 is 0. The largest absolute Gasteiger partial charge is 0.508 e. The molecule has 0 saturated heterocycles. The van der Waals surface area contributed by atoms with E-state index >= 15 is 0 Å². The van der Waals surface area contributed by atoms with Gasteiger partial charge >= 0.3 is 0 Å². The summed E-state index contributed by atoms with van der Waals surface area (Å²) in [6.07, 6.45) is 5.82. The van der Waals surface area contributed by atoms with E-state index in [9.17, 15) is 14.7 Å². The zero-order valence-electron chi connectivity index (χ0n) is 20.6. The summed E-state index contributed by atoms with van der Waals surface area (Å²) in [6.45, 7) is 10.1. The standard InChI is InChI=1S/C25H45N5O3/c1-3-5-17-30(18-7-15-27-14-6-13-26)19-16-28-25(33)23(29-24(32)8-4-2)20-21-9-11-22(31)12-10-21/h9-12,23,27,31H,3-8,13-20,26H2,1-2H3,(H,28,33)(H,29,32)/t23-/m0/s1. The van der Waals surface area contributed by atoms with E-state index in [-0.39, 0.29) is 17.6 Å². The van der Waals surface area contributed by atoms with E-state index in [0.717, 1.165) is 70.4 Å². The Hall–Kier alpha value is -2.16. The minimum absolute atomic E-state index is 0.122. The van der Waals surface area contributed by atoms with E-state index in [2.05, 4.69) is 27.8 Å². The molecule has 0 radical (unpaired) electrons. The highest BCUT2D eigenvalue weighted by molar-refractivity contribution is 5.87. The highest BCUT2D eigenvalue weighted by Gasteiger charge is 2.21. The van der Waals surface area contributed by atoms with Crippen LogP contribution in [0.2, 0.25) is 0 Å². The van der Waals surface area contributed by atoms with Crippen LogP contribution in [0.3, 0.4) is 0 Å². The molecule has 188 valence electrons. The zero-order chi connectivity index (χ0) is 24.3. The lowest BCUT2D eigenvalue weighted by atomic mass is 10.0. The maximum atomic E-state index is 12.9. The van der Waals surface area contributed by atoms with Crippen molar-refractivity contribution in [2.24, 2.45) is 5.73 Å². The van der Waals surface area contributed by atoms with Crippen LogP contribution in [-0.4, -0.2) is 73.7 Å². The molecule has 1 aromatic carbocycles. The van der Waals surface area contributed by atoms with Gasteiger partial charge in [-0.1, -0.05) is 32.4 Å². The number of phenols is 1. The van der Waals surface area contributed by atoms with Crippen LogP contribution >= 0.6 is 0 Å². The molecule has 0 bridgehead atoms. The van der Waals surface area contributed by atoms with Crippen molar-refractivity contribution in [3.05, 3.63) is 29.8 Å². The van der Waals surface area contributed by atoms with E-state index in [1.807, 2.05) is 6.92 Å². The van der Waals surface area contributed by atoms with Gasteiger partial charge in [0, 0.05) is 25.9 Å². The minimum Gasteiger partial charge on any atom is -0.508 e. The summed E-state index contributed by atoms with van der Waals surface area (Å²) in [7, 11) is 0. The van der Waals surface area contributed by atoms with Crippen LogP contribution in [-0.2, 0) is 16.0 Å². The molecule has 1 atom stereocenters. The second-order valence-corrected chi connectivity index (χ2v) is 8.47. The maximum absolute atomic E-state index is 12.9. The highest BCUT2D eigenvalue weighted by Crippen LogP contribution is 2.11. The van der Waals surface area contributed by atoms with Crippen molar-refractivity contribution >= 4 is 11.8 Å². The highest BCUT2D eigenvalue weighted by atomic mass is 16.3. The van der Waals surface area contributed by atoms with Crippen LogP contribution in [0.5, 0.6) is 5.75 Å². The van der Waals surface area contributed by atoms with Crippen LogP contribution in [0.25, 0.3) is 0 Å². The van der Waals surface area contributed by atoms with Gasteiger partial charge in [0.1, 0.15) is 11.8 Å². The van der Waals surface area contributed by atoms with E-state index in [1.165, 1.54) is 0 Å². The van der Waals surface area contributed by atoms with Crippen molar-refractivity contribution in [3.8, 4) is 5.75 Å². The zero-order valence-corrected chi connectivity index (χ0v) is 20.6. The molecule has 33 heavy (non-hydrogen) atoms. The number of benzene rings is 1. The van der Waals surface area contributed by atoms with Crippen molar-refractivity contribution in [2.75, 3.05) is 45.8 Å². The predicted molar refractivity (Wildman–Crippen MR) is 134 cm³/mol. The molecule has 0 heterocycles. The fraction of sp³-hybridized carbons (Fsp3) is 0.680.